The van der Waals surface area contributed by atoms with Crippen LogP contribution < -0.4 is 14.8 Å². The molecule has 2 rings (SSSR count). The average molecular weight is 370 g/mol. The first-order valence-corrected chi connectivity index (χ1v) is 7.59. The van der Waals surface area contributed by atoms with Gasteiger partial charge in [-0.25, -0.2) is 0 Å². The summed E-state index contributed by atoms with van der Waals surface area (Å²) in [7, 11) is 1.25. The number of alkyl halides is 3. The summed E-state index contributed by atoms with van der Waals surface area (Å²) in [6, 6.07) is 11.7. The Labute approximate surface area is 147 Å². The quantitative estimate of drug-likeness (QED) is 0.565. The van der Waals surface area contributed by atoms with E-state index in [9.17, 15) is 23.3 Å². The molecule has 0 aliphatic carbocycles. The number of hydrogen-bond acceptors (Lipinski definition) is 5. The van der Waals surface area contributed by atoms with Crippen molar-refractivity contribution in [1.82, 2.24) is 5.32 Å². The Bertz CT molecular complexity index is 752. The maximum Gasteiger partial charge on any atom is 0.422 e. The summed E-state index contributed by atoms with van der Waals surface area (Å²) < 4.78 is 46.6. The zero-order valence-corrected chi connectivity index (χ0v) is 13.9. The predicted octanol–water partition coefficient (Wildman–Crippen LogP) is 3.83. The third-order valence-electron chi connectivity index (χ3n) is 3.44. The molecule has 0 unspecified atom stereocenters. The lowest BCUT2D eigenvalue weighted by Crippen LogP contribution is -2.20. The van der Waals surface area contributed by atoms with Gasteiger partial charge in [0, 0.05) is 18.7 Å². The number of rotatable bonds is 8. The molecule has 0 amide bonds. The highest BCUT2D eigenvalue weighted by molar-refractivity contribution is 5.54. The zero-order valence-electron chi connectivity index (χ0n) is 13.9. The van der Waals surface area contributed by atoms with E-state index >= 15 is 0 Å². The lowest BCUT2D eigenvalue weighted by atomic mass is 10.1. The molecule has 0 bridgehead atoms. The van der Waals surface area contributed by atoms with Crippen LogP contribution in [-0.2, 0) is 13.1 Å². The second-order valence-electron chi connectivity index (χ2n) is 5.38. The topological polar surface area (TPSA) is 73.6 Å². The highest BCUT2D eigenvalue weighted by atomic mass is 19.4. The minimum atomic E-state index is -4.56. The van der Waals surface area contributed by atoms with Crippen molar-refractivity contribution in [3.63, 3.8) is 0 Å². The SMILES string of the molecule is COc1cc(CNCc2ccccc2)c([N+](=O)[O-])cc1OCC(F)(F)F. The van der Waals surface area contributed by atoms with Gasteiger partial charge in [0.15, 0.2) is 18.1 Å². The van der Waals surface area contributed by atoms with Crippen LogP contribution in [0, 0.1) is 10.1 Å². The number of nitro groups is 1. The molecule has 0 heterocycles. The number of nitro benzene ring substituents is 1. The molecule has 0 atom stereocenters. The van der Waals surface area contributed by atoms with Crippen molar-refractivity contribution in [2.24, 2.45) is 0 Å². The number of benzene rings is 2. The maximum atomic E-state index is 12.3. The molecular weight excluding hydrogens is 353 g/mol. The molecule has 0 radical (unpaired) electrons. The molecule has 0 spiro atoms. The molecular formula is C17H17F3N2O4. The van der Waals surface area contributed by atoms with Gasteiger partial charge >= 0.3 is 6.18 Å². The number of nitrogens with one attached hydrogen (secondary N) is 1. The first kappa shape index (κ1) is 19.5. The highest BCUT2D eigenvalue weighted by Gasteiger charge is 2.30. The van der Waals surface area contributed by atoms with Gasteiger partial charge in [-0.2, -0.15) is 13.2 Å². The van der Waals surface area contributed by atoms with E-state index in [0.29, 0.717) is 6.54 Å². The molecule has 140 valence electrons. The van der Waals surface area contributed by atoms with Gasteiger partial charge in [-0.3, -0.25) is 10.1 Å². The summed E-state index contributed by atoms with van der Waals surface area (Å²) in [5.41, 5.74) is 0.929. The third kappa shape index (κ3) is 5.62. The summed E-state index contributed by atoms with van der Waals surface area (Å²) in [6.45, 7) is -0.945. The summed E-state index contributed by atoms with van der Waals surface area (Å²) >= 11 is 0. The van der Waals surface area contributed by atoms with Crippen molar-refractivity contribution in [2.45, 2.75) is 19.3 Å². The van der Waals surface area contributed by atoms with E-state index in [1.807, 2.05) is 30.3 Å². The molecule has 1 N–H and O–H groups in total. The monoisotopic (exact) mass is 370 g/mol. The Hall–Kier alpha value is -2.81. The first-order chi connectivity index (χ1) is 12.3. The molecule has 2 aromatic rings. The van der Waals surface area contributed by atoms with E-state index in [2.05, 4.69) is 10.1 Å². The van der Waals surface area contributed by atoms with E-state index in [1.54, 1.807) is 0 Å². The number of hydrogen-bond donors (Lipinski definition) is 1. The van der Waals surface area contributed by atoms with Crippen LogP contribution >= 0.6 is 0 Å². The number of halogens is 3. The second kappa shape index (κ2) is 8.52. The Balaban J connectivity index is 2.17. The zero-order chi connectivity index (χ0) is 19.2. The van der Waals surface area contributed by atoms with Gasteiger partial charge in [-0.1, -0.05) is 30.3 Å². The number of nitrogens with zero attached hydrogens (tertiary/aromatic N) is 1. The van der Waals surface area contributed by atoms with Crippen molar-refractivity contribution in [1.29, 1.82) is 0 Å². The van der Waals surface area contributed by atoms with E-state index in [0.717, 1.165) is 11.6 Å². The Morgan fingerprint density at radius 3 is 2.38 bits per heavy atom. The van der Waals surface area contributed by atoms with Gasteiger partial charge in [0.25, 0.3) is 5.69 Å². The summed E-state index contributed by atoms with van der Waals surface area (Å²) in [5, 5.41) is 14.3. The van der Waals surface area contributed by atoms with Crippen LogP contribution in [0.1, 0.15) is 11.1 Å². The van der Waals surface area contributed by atoms with Gasteiger partial charge in [0.2, 0.25) is 0 Å². The van der Waals surface area contributed by atoms with Crippen molar-refractivity contribution in [3.8, 4) is 11.5 Å². The molecule has 9 heteroatoms. The van der Waals surface area contributed by atoms with Crippen molar-refractivity contribution >= 4 is 5.69 Å². The average Bonchev–Trinajstić information content (AvgIpc) is 2.60. The second-order valence-corrected chi connectivity index (χ2v) is 5.38. The number of methoxy groups -OCH3 is 1. The van der Waals surface area contributed by atoms with Crippen LogP contribution in [0.15, 0.2) is 42.5 Å². The predicted molar refractivity (Wildman–Crippen MR) is 88.2 cm³/mol. The standard InChI is InChI=1S/C17H17F3N2O4/c1-25-15-7-13(10-21-9-12-5-3-2-4-6-12)14(22(23)24)8-16(15)26-11-17(18,19)20/h2-8,21H,9-11H2,1H3. The lowest BCUT2D eigenvalue weighted by molar-refractivity contribution is -0.385. The largest absolute Gasteiger partial charge is 0.493 e. The molecule has 0 aliphatic heterocycles. The van der Waals surface area contributed by atoms with Gasteiger partial charge < -0.3 is 14.8 Å². The van der Waals surface area contributed by atoms with Crippen molar-refractivity contribution in [2.75, 3.05) is 13.7 Å². The summed E-state index contributed by atoms with van der Waals surface area (Å²) in [5.74, 6) is -0.334. The van der Waals surface area contributed by atoms with Crippen LogP contribution in [0.5, 0.6) is 11.5 Å². The van der Waals surface area contributed by atoms with E-state index in [1.165, 1.54) is 13.2 Å². The Kier molecular flexibility index (Phi) is 6.40. The Morgan fingerprint density at radius 1 is 1.12 bits per heavy atom. The Morgan fingerprint density at radius 2 is 1.81 bits per heavy atom. The van der Waals surface area contributed by atoms with E-state index in [4.69, 9.17) is 4.74 Å². The van der Waals surface area contributed by atoms with Crippen LogP contribution in [0.4, 0.5) is 18.9 Å². The molecule has 0 aliphatic rings. The van der Waals surface area contributed by atoms with Crippen LogP contribution in [0.25, 0.3) is 0 Å². The normalized spacial score (nSPS) is 11.2. The lowest BCUT2D eigenvalue weighted by Gasteiger charge is -2.14. The van der Waals surface area contributed by atoms with Gasteiger partial charge in [-0.15, -0.1) is 0 Å². The van der Waals surface area contributed by atoms with Crippen molar-refractivity contribution in [3.05, 3.63) is 63.7 Å². The fraction of sp³-hybridized carbons (Fsp3) is 0.294. The summed E-state index contributed by atoms with van der Waals surface area (Å²) in [4.78, 5) is 10.6. The molecule has 0 aromatic heterocycles. The smallest absolute Gasteiger partial charge is 0.422 e. The van der Waals surface area contributed by atoms with E-state index < -0.39 is 17.7 Å². The van der Waals surface area contributed by atoms with Crippen LogP contribution in [0.3, 0.4) is 0 Å². The van der Waals surface area contributed by atoms with E-state index in [-0.39, 0.29) is 29.3 Å². The van der Waals surface area contributed by atoms with Gasteiger partial charge in [0.05, 0.1) is 18.1 Å². The highest BCUT2D eigenvalue weighted by Crippen LogP contribution is 2.35. The molecule has 6 nitrogen and oxygen atoms in total. The minimum Gasteiger partial charge on any atom is -0.493 e. The van der Waals surface area contributed by atoms with Crippen LogP contribution in [-0.4, -0.2) is 24.8 Å². The van der Waals surface area contributed by atoms with Gasteiger partial charge in [0.1, 0.15) is 0 Å². The molecule has 0 saturated heterocycles. The maximum absolute atomic E-state index is 12.3. The molecule has 0 fully saturated rings. The van der Waals surface area contributed by atoms with Gasteiger partial charge in [-0.05, 0) is 11.6 Å². The fourth-order valence-electron chi connectivity index (χ4n) is 2.27. The van der Waals surface area contributed by atoms with Crippen molar-refractivity contribution < 1.29 is 27.6 Å². The molecule has 2 aromatic carbocycles. The first-order valence-electron chi connectivity index (χ1n) is 7.59. The molecule has 0 saturated carbocycles. The number of ether oxygens (including phenoxy) is 2. The minimum absolute atomic E-state index is 0.00337. The van der Waals surface area contributed by atoms with Crippen LogP contribution in [0.2, 0.25) is 0 Å². The fourth-order valence-corrected chi connectivity index (χ4v) is 2.27. The third-order valence-corrected chi connectivity index (χ3v) is 3.44. The summed E-state index contributed by atoms with van der Waals surface area (Å²) in [6.07, 6.45) is -4.56. The molecule has 26 heavy (non-hydrogen) atoms.